The molecular formula is C16H20O5. The SMILES string of the molecule is C=C1C(=O)O[C@@H]2/C=C(\CO)CCC=C3C[C@H](O[C@H]3OC)[C@@H]12. The minimum atomic E-state index is -0.410. The highest BCUT2D eigenvalue weighted by atomic mass is 16.7. The summed E-state index contributed by atoms with van der Waals surface area (Å²) in [7, 11) is 1.61. The molecule has 2 aliphatic heterocycles. The van der Waals surface area contributed by atoms with E-state index in [9.17, 15) is 9.90 Å². The smallest absolute Gasteiger partial charge is 0.334 e. The molecule has 2 saturated heterocycles. The third kappa shape index (κ3) is 2.57. The molecule has 1 aliphatic carbocycles. The highest BCUT2D eigenvalue weighted by Crippen LogP contribution is 2.41. The highest BCUT2D eigenvalue weighted by Gasteiger charge is 2.47. The van der Waals surface area contributed by atoms with Crippen LogP contribution >= 0.6 is 0 Å². The fraction of sp³-hybridized carbons (Fsp3) is 0.562. The van der Waals surface area contributed by atoms with Gasteiger partial charge in [-0.2, -0.15) is 0 Å². The fourth-order valence-electron chi connectivity index (χ4n) is 3.29. The number of carbonyl (C=O) groups excluding carboxylic acids is 1. The van der Waals surface area contributed by atoms with Crippen molar-refractivity contribution >= 4 is 5.97 Å². The lowest BCUT2D eigenvalue weighted by molar-refractivity contribution is -0.138. The maximum absolute atomic E-state index is 11.8. The van der Waals surface area contributed by atoms with Gasteiger partial charge in [0.2, 0.25) is 0 Å². The van der Waals surface area contributed by atoms with Gasteiger partial charge in [-0.1, -0.05) is 12.7 Å². The van der Waals surface area contributed by atoms with Crippen LogP contribution in [0.25, 0.3) is 0 Å². The number of esters is 1. The van der Waals surface area contributed by atoms with Crippen molar-refractivity contribution in [2.45, 2.75) is 37.8 Å². The zero-order valence-corrected chi connectivity index (χ0v) is 12.1. The largest absolute Gasteiger partial charge is 0.454 e. The molecule has 2 bridgehead atoms. The highest BCUT2D eigenvalue weighted by molar-refractivity contribution is 5.91. The Morgan fingerprint density at radius 1 is 1.52 bits per heavy atom. The summed E-state index contributed by atoms with van der Waals surface area (Å²) < 4.78 is 16.7. The molecule has 3 aliphatic rings. The lowest BCUT2D eigenvalue weighted by Crippen LogP contribution is -2.29. The molecule has 0 unspecified atom stereocenters. The second-order valence-corrected chi connectivity index (χ2v) is 5.67. The van der Waals surface area contributed by atoms with E-state index in [0.29, 0.717) is 5.57 Å². The van der Waals surface area contributed by atoms with Crippen molar-refractivity contribution in [1.82, 2.24) is 0 Å². The van der Waals surface area contributed by atoms with Crippen LogP contribution in [-0.2, 0) is 19.0 Å². The Labute approximate surface area is 123 Å². The number of fused-ring (bicyclic) bond motifs is 4. The minimum absolute atomic E-state index is 0.0321. The first-order chi connectivity index (χ1) is 10.1. The Hall–Kier alpha value is -1.43. The van der Waals surface area contributed by atoms with Gasteiger partial charge >= 0.3 is 5.97 Å². The van der Waals surface area contributed by atoms with Crippen molar-refractivity contribution in [3.8, 4) is 0 Å². The average Bonchev–Trinajstić information content (AvgIpc) is 2.99. The number of methoxy groups -OCH3 is 1. The first-order valence-electron chi connectivity index (χ1n) is 7.21. The average molecular weight is 292 g/mol. The van der Waals surface area contributed by atoms with Crippen LogP contribution in [0.1, 0.15) is 19.3 Å². The van der Waals surface area contributed by atoms with Gasteiger partial charge in [0.15, 0.2) is 6.29 Å². The van der Waals surface area contributed by atoms with Crippen LogP contribution in [0.4, 0.5) is 0 Å². The standard InChI is InChI=1S/C16H20O5/c1-9-14-12(20-15(9)18)6-10(8-17)4-3-5-11-7-13(14)21-16(11)19-2/h5-6,12-14,16-17H,1,3-4,7-8H2,2H3/b10-6-,11-5?/t12-,13+,14+,16-/m1/s1. The summed E-state index contributed by atoms with van der Waals surface area (Å²) in [6.07, 6.45) is 5.26. The van der Waals surface area contributed by atoms with Gasteiger partial charge in [0.05, 0.1) is 18.6 Å². The van der Waals surface area contributed by atoms with E-state index in [-0.39, 0.29) is 30.9 Å². The monoisotopic (exact) mass is 292 g/mol. The van der Waals surface area contributed by atoms with Gasteiger partial charge in [-0.05, 0) is 30.1 Å². The van der Waals surface area contributed by atoms with E-state index in [1.165, 1.54) is 0 Å². The zero-order chi connectivity index (χ0) is 15.0. The quantitative estimate of drug-likeness (QED) is 0.474. The number of hydrogen-bond acceptors (Lipinski definition) is 5. The van der Waals surface area contributed by atoms with Gasteiger partial charge in [-0.25, -0.2) is 4.79 Å². The lowest BCUT2D eigenvalue weighted by atomic mass is 9.86. The Bertz CT molecular complexity index is 519. The number of carbonyl (C=O) groups is 1. The van der Waals surface area contributed by atoms with E-state index in [1.807, 2.05) is 6.08 Å². The molecule has 5 nitrogen and oxygen atoms in total. The molecule has 0 aromatic heterocycles. The van der Waals surface area contributed by atoms with Crippen molar-refractivity contribution in [2.75, 3.05) is 13.7 Å². The molecule has 0 amide bonds. The number of rotatable bonds is 2. The van der Waals surface area contributed by atoms with Crippen LogP contribution in [0.3, 0.4) is 0 Å². The van der Waals surface area contributed by atoms with Gasteiger partial charge in [0.1, 0.15) is 6.10 Å². The molecule has 1 N–H and O–H groups in total. The number of aliphatic hydroxyl groups is 1. The van der Waals surface area contributed by atoms with Gasteiger partial charge in [0, 0.05) is 19.1 Å². The Kier molecular flexibility index (Phi) is 3.97. The second kappa shape index (κ2) is 5.75. The third-order valence-corrected chi connectivity index (χ3v) is 4.39. The van der Waals surface area contributed by atoms with Gasteiger partial charge in [-0.3, -0.25) is 0 Å². The van der Waals surface area contributed by atoms with Crippen LogP contribution in [0.15, 0.2) is 35.5 Å². The predicted molar refractivity (Wildman–Crippen MR) is 75.3 cm³/mol. The van der Waals surface area contributed by atoms with Crippen LogP contribution in [0, 0.1) is 5.92 Å². The molecule has 2 heterocycles. The maximum atomic E-state index is 11.8. The Morgan fingerprint density at radius 2 is 2.33 bits per heavy atom. The first kappa shape index (κ1) is 14.5. The van der Waals surface area contributed by atoms with Crippen molar-refractivity contribution in [2.24, 2.45) is 5.92 Å². The van der Waals surface area contributed by atoms with E-state index in [4.69, 9.17) is 14.2 Å². The third-order valence-electron chi connectivity index (χ3n) is 4.39. The topological polar surface area (TPSA) is 65.0 Å². The number of aliphatic hydroxyl groups excluding tert-OH is 1. The molecule has 21 heavy (non-hydrogen) atoms. The minimum Gasteiger partial charge on any atom is -0.454 e. The van der Waals surface area contributed by atoms with Gasteiger partial charge in [0.25, 0.3) is 0 Å². The van der Waals surface area contributed by atoms with Gasteiger partial charge < -0.3 is 19.3 Å². The molecule has 4 atom stereocenters. The molecule has 0 saturated carbocycles. The molecule has 0 aromatic carbocycles. The van der Waals surface area contributed by atoms with Crippen LogP contribution in [-0.4, -0.2) is 43.3 Å². The number of hydrogen-bond donors (Lipinski definition) is 1. The molecule has 0 spiro atoms. The van der Waals surface area contributed by atoms with Crippen molar-refractivity contribution in [3.05, 3.63) is 35.5 Å². The van der Waals surface area contributed by atoms with Gasteiger partial charge in [-0.15, -0.1) is 0 Å². The second-order valence-electron chi connectivity index (χ2n) is 5.67. The summed E-state index contributed by atoms with van der Waals surface area (Å²) >= 11 is 0. The molecule has 2 fully saturated rings. The Morgan fingerprint density at radius 3 is 3.05 bits per heavy atom. The van der Waals surface area contributed by atoms with E-state index in [0.717, 1.165) is 30.4 Å². The number of allylic oxidation sites excluding steroid dienone is 1. The van der Waals surface area contributed by atoms with Crippen LogP contribution < -0.4 is 0 Å². The summed E-state index contributed by atoms with van der Waals surface area (Å²) in [5.74, 6) is -0.603. The molecular weight excluding hydrogens is 272 g/mol. The summed E-state index contributed by atoms with van der Waals surface area (Å²) in [6, 6.07) is 0. The fourth-order valence-corrected chi connectivity index (χ4v) is 3.29. The molecule has 114 valence electrons. The van der Waals surface area contributed by atoms with E-state index < -0.39 is 6.10 Å². The summed E-state index contributed by atoms with van der Waals surface area (Å²) in [5, 5.41) is 9.46. The van der Waals surface area contributed by atoms with Crippen LogP contribution in [0.2, 0.25) is 0 Å². The molecule has 0 radical (unpaired) electrons. The van der Waals surface area contributed by atoms with E-state index >= 15 is 0 Å². The maximum Gasteiger partial charge on any atom is 0.334 e. The first-order valence-corrected chi connectivity index (χ1v) is 7.21. The van der Waals surface area contributed by atoms with E-state index in [2.05, 4.69) is 12.7 Å². The van der Waals surface area contributed by atoms with Crippen molar-refractivity contribution in [1.29, 1.82) is 0 Å². The summed E-state index contributed by atoms with van der Waals surface area (Å²) in [4.78, 5) is 11.8. The molecule has 0 aromatic rings. The Balaban J connectivity index is 1.97. The molecule has 3 rings (SSSR count). The van der Waals surface area contributed by atoms with Crippen molar-refractivity contribution < 1.29 is 24.1 Å². The predicted octanol–water partition coefficient (Wildman–Crippen LogP) is 1.48. The lowest BCUT2D eigenvalue weighted by Gasteiger charge is -2.22. The number of ether oxygens (including phenoxy) is 3. The summed E-state index contributed by atoms with van der Waals surface area (Å²) in [5.41, 5.74) is 2.41. The summed E-state index contributed by atoms with van der Waals surface area (Å²) in [6.45, 7) is 3.83. The van der Waals surface area contributed by atoms with E-state index in [1.54, 1.807) is 7.11 Å². The van der Waals surface area contributed by atoms with Crippen LogP contribution in [0.5, 0.6) is 0 Å². The normalized spacial score (nSPS) is 38.4. The zero-order valence-electron chi connectivity index (χ0n) is 12.1. The molecule has 5 heteroatoms. The van der Waals surface area contributed by atoms with Crippen molar-refractivity contribution in [3.63, 3.8) is 0 Å².